The number of anilines is 2. The maximum atomic E-state index is 6.00. The third-order valence-corrected chi connectivity index (χ3v) is 9.18. The van der Waals surface area contributed by atoms with Crippen molar-refractivity contribution in [1.82, 2.24) is 0 Å². The molecule has 8 rings (SSSR count). The summed E-state index contributed by atoms with van der Waals surface area (Å²) in [5.41, 5.74) is 11.3. The van der Waals surface area contributed by atoms with Gasteiger partial charge in [0.25, 0.3) is 0 Å². The second kappa shape index (κ2) is 14.5. The Morgan fingerprint density at radius 2 is 0.900 bits per heavy atom. The van der Waals surface area contributed by atoms with Crippen molar-refractivity contribution in [2.24, 2.45) is 9.98 Å². The monoisotopic (exact) mass is 654 g/mol. The zero-order valence-corrected chi connectivity index (χ0v) is 27.9. The highest BCUT2D eigenvalue weighted by atomic mass is 16.5. The molecule has 0 aromatic heterocycles. The van der Waals surface area contributed by atoms with Gasteiger partial charge in [0.05, 0.1) is 11.4 Å². The van der Waals surface area contributed by atoms with Crippen molar-refractivity contribution in [1.29, 1.82) is 0 Å². The zero-order chi connectivity index (χ0) is 33.5. The van der Waals surface area contributed by atoms with Crippen LogP contribution >= 0.6 is 0 Å². The van der Waals surface area contributed by atoms with Crippen LogP contribution in [0, 0.1) is 0 Å². The quantitative estimate of drug-likeness (QED) is 0.146. The summed E-state index contributed by atoms with van der Waals surface area (Å²) in [4.78, 5) is 14.0. The van der Waals surface area contributed by atoms with Crippen LogP contribution in [0.3, 0.4) is 0 Å². The van der Waals surface area contributed by atoms with Crippen molar-refractivity contribution >= 4 is 35.2 Å². The average molecular weight is 655 g/mol. The number of benzene rings is 6. The molecule has 246 valence electrons. The van der Waals surface area contributed by atoms with Gasteiger partial charge in [-0.05, 0) is 82.9 Å². The molecule has 0 aliphatic carbocycles. The molecule has 6 heteroatoms. The molecule has 6 aromatic carbocycles. The first kappa shape index (κ1) is 31.1. The normalized spacial score (nSPS) is 13.9. The molecular weight excluding hydrogens is 617 g/mol. The number of hydrogen-bond donors (Lipinski definition) is 0. The molecule has 0 atom stereocenters. The summed E-state index contributed by atoms with van der Waals surface area (Å²) in [6.45, 7) is 2.71. The van der Waals surface area contributed by atoms with Gasteiger partial charge in [0.1, 0.15) is 11.5 Å². The van der Waals surface area contributed by atoms with Gasteiger partial charge in [0, 0.05) is 60.9 Å². The lowest BCUT2D eigenvalue weighted by Gasteiger charge is -2.30. The fourth-order valence-corrected chi connectivity index (χ4v) is 6.41. The molecule has 0 N–H and O–H groups in total. The molecule has 6 nitrogen and oxygen atoms in total. The zero-order valence-electron chi connectivity index (χ0n) is 27.9. The first-order valence-electron chi connectivity index (χ1n) is 17.1. The van der Waals surface area contributed by atoms with Gasteiger partial charge in [-0.2, -0.15) is 0 Å². The van der Waals surface area contributed by atoms with E-state index in [1.54, 1.807) is 0 Å². The molecule has 0 fully saturated rings. The molecular formula is C44H38N4O2. The Morgan fingerprint density at radius 1 is 0.480 bits per heavy atom. The summed E-state index contributed by atoms with van der Waals surface area (Å²) >= 11 is 0. The topological polar surface area (TPSA) is 49.7 Å². The van der Waals surface area contributed by atoms with Gasteiger partial charge >= 0.3 is 0 Å². The van der Waals surface area contributed by atoms with Crippen molar-refractivity contribution in [3.8, 4) is 22.6 Å². The van der Waals surface area contributed by atoms with Crippen LogP contribution in [0.5, 0.6) is 11.5 Å². The molecule has 50 heavy (non-hydrogen) atoms. The van der Waals surface area contributed by atoms with Crippen molar-refractivity contribution in [3.05, 3.63) is 168 Å². The predicted molar refractivity (Wildman–Crippen MR) is 205 cm³/mol. The number of hydrogen-bond acceptors (Lipinski definition) is 6. The van der Waals surface area contributed by atoms with E-state index in [-0.39, 0.29) is 0 Å². The largest absolute Gasteiger partial charge is 0.473 e. The number of fused-ring (bicyclic) bond motifs is 2. The van der Waals surface area contributed by atoms with E-state index in [1.165, 1.54) is 22.3 Å². The Bertz CT molecular complexity index is 1960. The predicted octanol–water partition coefficient (Wildman–Crippen LogP) is 9.96. The van der Waals surface area contributed by atoms with E-state index in [9.17, 15) is 0 Å². The molecule has 6 aromatic rings. The number of nitrogens with zero attached hydrogens (tertiary/aromatic N) is 4. The van der Waals surface area contributed by atoms with Gasteiger partial charge in [-0.15, -0.1) is 0 Å². The van der Waals surface area contributed by atoms with Crippen LogP contribution in [0.2, 0.25) is 0 Å². The molecule has 0 amide bonds. The lowest BCUT2D eigenvalue weighted by Crippen LogP contribution is -2.31. The third-order valence-electron chi connectivity index (χ3n) is 9.18. The van der Waals surface area contributed by atoms with Gasteiger partial charge in [-0.3, -0.25) is 9.98 Å². The first-order valence-corrected chi connectivity index (χ1v) is 17.1. The molecule has 0 radical (unpaired) electrons. The second-order valence-corrected chi connectivity index (χ2v) is 12.6. The van der Waals surface area contributed by atoms with E-state index in [4.69, 9.17) is 19.5 Å². The highest BCUT2D eigenvalue weighted by Crippen LogP contribution is 2.33. The second-order valence-electron chi connectivity index (χ2n) is 12.6. The van der Waals surface area contributed by atoms with Crippen LogP contribution in [-0.4, -0.2) is 25.9 Å². The Balaban J connectivity index is 0.839. The summed E-state index contributed by atoms with van der Waals surface area (Å²) in [5, 5.41) is 0. The fourth-order valence-electron chi connectivity index (χ4n) is 6.41. The van der Waals surface area contributed by atoms with Crippen molar-refractivity contribution < 1.29 is 9.47 Å². The maximum absolute atomic E-state index is 6.00. The summed E-state index contributed by atoms with van der Waals surface area (Å²) in [5.74, 6) is 1.87. The number of rotatable bonds is 9. The minimum atomic E-state index is 0.553. The van der Waals surface area contributed by atoms with E-state index in [2.05, 4.69) is 119 Å². The van der Waals surface area contributed by atoms with Gasteiger partial charge in [0.2, 0.25) is 0 Å². The molecule has 2 aliphatic rings. The fraction of sp³-hybridized carbons (Fsp3) is 0.136. The standard InChI is InChI=1S/C44H38N4O2/c1-3-7-41(8-4-1)47-29-37-27-39(19-21-43(37)49-31-47)45-25-23-33-11-15-35(16-12-33)36-17-13-34(14-18-36)24-26-46-40-20-22-44-38(28-40)30-48(32-50-44)42-9-5-2-6-10-42/h1-22,25-28H,23-24,29-32H2. The van der Waals surface area contributed by atoms with Crippen LogP contribution in [0.1, 0.15) is 22.3 Å². The summed E-state index contributed by atoms with van der Waals surface area (Å²) < 4.78 is 12.0. The van der Waals surface area contributed by atoms with Crippen molar-refractivity contribution in [2.75, 3.05) is 23.3 Å². The molecule has 2 heterocycles. The van der Waals surface area contributed by atoms with E-state index >= 15 is 0 Å². The molecule has 0 bridgehead atoms. The van der Waals surface area contributed by atoms with Crippen molar-refractivity contribution in [2.45, 2.75) is 25.9 Å². The highest BCUT2D eigenvalue weighted by molar-refractivity contribution is 5.71. The van der Waals surface area contributed by atoms with Crippen LogP contribution in [0.25, 0.3) is 11.1 Å². The smallest absolute Gasteiger partial charge is 0.161 e. The average Bonchev–Trinajstić information content (AvgIpc) is 3.18. The molecule has 2 aliphatic heterocycles. The summed E-state index contributed by atoms with van der Waals surface area (Å²) in [7, 11) is 0. The summed E-state index contributed by atoms with van der Waals surface area (Å²) in [6.07, 6.45) is 5.52. The lowest BCUT2D eigenvalue weighted by atomic mass is 10.0. The number of ether oxygens (including phenoxy) is 2. The van der Waals surface area contributed by atoms with Gasteiger partial charge in [-0.1, -0.05) is 84.9 Å². The van der Waals surface area contributed by atoms with Crippen LogP contribution in [0.15, 0.2) is 156 Å². The molecule has 0 unspecified atom stereocenters. The molecule has 0 saturated carbocycles. The number of aliphatic imine (C=N–C) groups is 2. The third kappa shape index (κ3) is 7.30. The number of para-hydroxylation sites is 2. The van der Waals surface area contributed by atoms with Crippen LogP contribution in [-0.2, 0) is 25.9 Å². The minimum Gasteiger partial charge on any atom is -0.473 e. The van der Waals surface area contributed by atoms with Crippen LogP contribution < -0.4 is 19.3 Å². The Hall–Kier alpha value is -6.14. The minimum absolute atomic E-state index is 0.553. The van der Waals surface area contributed by atoms with Gasteiger partial charge < -0.3 is 19.3 Å². The Morgan fingerprint density at radius 3 is 1.32 bits per heavy atom. The molecule has 0 spiro atoms. The maximum Gasteiger partial charge on any atom is 0.161 e. The summed E-state index contributed by atoms with van der Waals surface area (Å²) in [6, 6.07) is 50.6. The van der Waals surface area contributed by atoms with E-state index in [1.807, 2.05) is 48.8 Å². The first-order chi connectivity index (χ1) is 24.7. The lowest BCUT2D eigenvalue weighted by molar-refractivity contribution is 0.289. The van der Waals surface area contributed by atoms with Crippen molar-refractivity contribution in [3.63, 3.8) is 0 Å². The molecule has 0 saturated heterocycles. The van der Waals surface area contributed by atoms with Crippen LogP contribution in [0.4, 0.5) is 22.7 Å². The Kier molecular flexibility index (Phi) is 9.06. The van der Waals surface area contributed by atoms with E-state index < -0.39 is 0 Å². The van der Waals surface area contributed by atoms with E-state index in [0.717, 1.165) is 71.3 Å². The van der Waals surface area contributed by atoms with Gasteiger partial charge in [-0.25, -0.2) is 0 Å². The SMILES string of the molecule is C(Cc1ccc(-c2ccc(CC=Nc3ccc4c(c3)CN(c3ccccc3)CO4)cc2)cc1)=Nc1ccc2c(c1)CN(c1ccccc1)CO2. The highest BCUT2D eigenvalue weighted by Gasteiger charge is 2.19. The van der Waals surface area contributed by atoms with E-state index in [0.29, 0.717) is 13.5 Å². The van der Waals surface area contributed by atoms with Gasteiger partial charge in [0.15, 0.2) is 13.5 Å². The Labute approximate surface area is 293 Å².